The molecule has 2 rings (SSSR count). The van der Waals surface area contributed by atoms with Crippen molar-refractivity contribution >= 4 is 17.2 Å². The number of anilines is 2. The van der Waals surface area contributed by atoms with Gasteiger partial charge in [-0.15, -0.1) is 0 Å². The third-order valence-corrected chi connectivity index (χ3v) is 3.41. The van der Waals surface area contributed by atoms with Crippen LogP contribution in [0, 0.1) is 0 Å². The number of nitrogens with two attached hydrogens (primary N) is 1. The fourth-order valence-corrected chi connectivity index (χ4v) is 2.32. The minimum atomic E-state index is 0.284. The van der Waals surface area contributed by atoms with E-state index in [1.807, 2.05) is 0 Å². The highest BCUT2D eigenvalue weighted by Gasteiger charge is 2.11. The smallest absolute Gasteiger partial charge is 0.139 e. The molecule has 5 heteroatoms. The molecular formula is C14H22N4O. The summed E-state index contributed by atoms with van der Waals surface area (Å²) in [5.74, 6) is 0.284. The molecule has 0 aliphatic carbocycles. The van der Waals surface area contributed by atoms with E-state index in [4.69, 9.17) is 10.9 Å². The van der Waals surface area contributed by atoms with E-state index in [0.717, 1.165) is 18.7 Å². The molecule has 1 fully saturated rings. The maximum atomic E-state index is 8.42. The number of nitrogens with zero attached hydrogens (tertiary/aromatic N) is 2. The van der Waals surface area contributed by atoms with Crippen molar-refractivity contribution in [2.45, 2.75) is 25.7 Å². The Balaban J connectivity index is 1.75. The number of amidine groups is 1. The molecular weight excluding hydrogens is 240 g/mol. The molecule has 1 aromatic rings. The van der Waals surface area contributed by atoms with E-state index >= 15 is 0 Å². The van der Waals surface area contributed by atoms with Crippen LogP contribution < -0.4 is 16.0 Å². The van der Waals surface area contributed by atoms with Crippen LogP contribution in [-0.2, 0) is 0 Å². The molecule has 0 spiro atoms. The van der Waals surface area contributed by atoms with Crippen molar-refractivity contribution in [2.75, 3.05) is 29.9 Å². The minimum absolute atomic E-state index is 0.284. The van der Waals surface area contributed by atoms with Crippen LogP contribution in [0.1, 0.15) is 25.7 Å². The Labute approximate surface area is 114 Å². The van der Waals surface area contributed by atoms with E-state index in [1.165, 1.54) is 31.6 Å². The van der Waals surface area contributed by atoms with E-state index < -0.39 is 0 Å². The first-order chi connectivity index (χ1) is 9.29. The largest absolute Gasteiger partial charge is 0.409 e. The summed E-state index contributed by atoms with van der Waals surface area (Å²) in [4.78, 5) is 2.42. The van der Waals surface area contributed by atoms with Gasteiger partial charge < -0.3 is 21.2 Å². The highest BCUT2D eigenvalue weighted by atomic mass is 16.4. The molecule has 1 saturated heterocycles. The normalized spacial score (nSPS) is 15.8. The number of benzene rings is 1. The van der Waals surface area contributed by atoms with Crippen LogP contribution >= 0.6 is 0 Å². The Morgan fingerprint density at radius 3 is 2.58 bits per heavy atom. The van der Waals surface area contributed by atoms with Gasteiger partial charge in [0.2, 0.25) is 0 Å². The lowest BCUT2D eigenvalue weighted by molar-refractivity contribution is 0.316. The van der Waals surface area contributed by atoms with Crippen molar-refractivity contribution in [1.82, 2.24) is 0 Å². The van der Waals surface area contributed by atoms with Crippen molar-refractivity contribution in [3.8, 4) is 0 Å². The summed E-state index contributed by atoms with van der Waals surface area (Å²) < 4.78 is 0. The molecule has 0 radical (unpaired) electrons. The Morgan fingerprint density at radius 2 is 1.95 bits per heavy atom. The van der Waals surface area contributed by atoms with Crippen molar-refractivity contribution < 1.29 is 5.21 Å². The van der Waals surface area contributed by atoms with Gasteiger partial charge in [0.05, 0.1) is 0 Å². The Bertz CT molecular complexity index is 410. The molecule has 0 bridgehead atoms. The lowest BCUT2D eigenvalue weighted by Gasteiger charge is -2.18. The SMILES string of the molecule is NC(CCCNc1ccc(N2CCCC2)cc1)=NO. The van der Waals surface area contributed by atoms with Crippen LogP contribution in [0.2, 0.25) is 0 Å². The molecule has 1 aliphatic heterocycles. The number of rotatable bonds is 6. The maximum absolute atomic E-state index is 8.42. The summed E-state index contributed by atoms with van der Waals surface area (Å²) in [7, 11) is 0. The molecule has 0 atom stereocenters. The van der Waals surface area contributed by atoms with E-state index in [-0.39, 0.29) is 5.84 Å². The summed E-state index contributed by atoms with van der Waals surface area (Å²) in [5.41, 5.74) is 7.83. The second kappa shape index (κ2) is 6.87. The van der Waals surface area contributed by atoms with Crippen LogP contribution in [0.5, 0.6) is 0 Å². The molecule has 0 unspecified atom stereocenters. The molecule has 19 heavy (non-hydrogen) atoms. The summed E-state index contributed by atoms with van der Waals surface area (Å²) in [6.07, 6.45) is 4.06. The zero-order valence-electron chi connectivity index (χ0n) is 11.2. The van der Waals surface area contributed by atoms with Gasteiger partial charge in [0.25, 0.3) is 0 Å². The molecule has 1 aliphatic rings. The molecule has 0 saturated carbocycles. The second-order valence-electron chi connectivity index (χ2n) is 4.86. The molecule has 0 aromatic heterocycles. The zero-order valence-corrected chi connectivity index (χ0v) is 11.2. The minimum Gasteiger partial charge on any atom is -0.409 e. The van der Waals surface area contributed by atoms with Crippen LogP contribution in [0.25, 0.3) is 0 Å². The quantitative estimate of drug-likeness (QED) is 0.242. The highest BCUT2D eigenvalue weighted by molar-refractivity contribution is 5.79. The molecule has 104 valence electrons. The van der Waals surface area contributed by atoms with Gasteiger partial charge in [0.15, 0.2) is 0 Å². The van der Waals surface area contributed by atoms with Crippen molar-refractivity contribution in [2.24, 2.45) is 10.9 Å². The predicted octanol–water partition coefficient (Wildman–Crippen LogP) is 2.23. The van der Waals surface area contributed by atoms with Crippen LogP contribution in [0.3, 0.4) is 0 Å². The van der Waals surface area contributed by atoms with E-state index in [0.29, 0.717) is 6.42 Å². The summed E-state index contributed by atoms with van der Waals surface area (Å²) in [5, 5.41) is 14.7. The maximum Gasteiger partial charge on any atom is 0.139 e. The number of nitrogens with one attached hydrogen (secondary N) is 1. The summed E-state index contributed by atoms with van der Waals surface area (Å²) in [6.45, 7) is 3.17. The van der Waals surface area contributed by atoms with Gasteiger partial charge in [-0.2, -0.15) is 0 Å². The molecule has 1 heterocycles. The third-order valence-electron chi connectivity index (χ3n) is 3.41. The van der Waals surface area contributed by atoms with Crippen LogP contribution in [0.15, 0.2) is 29.4 Å². The molecule has 4 N–H and O–H groups in total. The van der Waals surface area contributed by atoms with Gasteiger partial charge in [-0.3, -0.25) is 0 Å². The van der Waals surface area contributed by atoms with Gasteiger partial charge >= 0.3 is 0 Å². The first-order valence-corrected chi connectivity index (χ1v) is 6.85. The second-order valence-corrected chi connectivity index (χ2v) is 4.86. The fourth-order valence-electron chi connectivity index (χ4n) is 2.32. The average Bonchev–Trinajstić information content (AvgIpc) is 2.98. The molecule has 1 aromatic carbocycles. The van der Waals surface area contributed by atoms with E-state index in [2.05, 4.69) is 39.6 Å². The van der Waals surface area contributed by atoms with Crippen LogP contribution in [0.4, 0.5) is 11.4 Å². The van der Waals surface area contributed by atoms with Crippen LogP contribution in [-0.4, -0.2) is 30.7 Å². The number of oxime groups is 1. The summed E-state index contributed by atoms with van der Waals surface area (Å²) >= 11 is 0. The first kappa shape index (κ1) is 13.5. The highest BCUT2D eigenvalue weighted by Crippen LogP contribution is 2.21. The van der Waals surface area contributed by atoms with Gasteiger partial charge in [-0.25, -0.2) is 0 Å². The Morgan fingerprint density at radius 1 is 1.26 bits per heavy atom. The fraction of sp³-hybridized carbons (Fsp3) is 0.500. The number of hydrogen-bond acceptors (Lipinski definition) is 4. The van der Waals surface area contributed by atoms with Gasteiger partial charge in [0.1, 0.15) is 5.84 Å². The Kier molecular flexibility index (Phi) is 4.89. The zero-order chi connectivity index (χ0) is 13.5. The van der Waals surface area contributed by atoms with Gasteiger partial charge in [-0.05, 0) is 43.5 Å². The lowest BCUT2D eigenvalue weighted by Crippen LogP contribution is -2.17. The first-order valence-electron chi connectivity index (χ1n) is 6.85. The molecule has 0 amide bonds. The van der Waals surface area contributed by atoms with Crippen molar-refractivity contribution in [3.63, 3.8) is 0 Å². The monoisotopic (exact) mass is 262 g/mol. The van der Waals surface area contributed by atoms with Crippen molar-refractivity contribution in [3.05, 3.63) is 24.3 Å². The third kappa shape index (κ3) is 4.05. The molecule has 5 nitrogen and oxygen atoms in total. The van der Waals surface area contributed by atoms with E-state index in [1.54, 1.807) is 0 Å². The standard InChI is InChI=1S/C14H22N4O/c15-14(17-19)4-3-9-16-12-5-7-13(8-6-12)18-10-1-2-11-18/h5-8,16,19H,1-4,9-11H2,(H2,15,17). The average molecular weight is 262 g/mol. The Hall–Kier alpha value is -1.91. The van der Waals surface area contributed by atoms with Crippen molar-refractivity contribution in [1.29, 1.82) is 0 Å². The predicted molar refractivity (Wildman–Crippen MR) is 79.0 cm³/mol. The van der Waals surface area contributed by atoms with Gasteiger partial charge in [0, 0.05) is 37.4 Å². The van der Waals surface area contributed by atoms with E-state index in [9.17, 15) is 0 Å². The number of hydrogen-bond donors (Lipinski definition) is 3. The van der Waals surface area contributed by atoms with Gasteiger partial charge in [-0.1, -0.05) is 5.16 Å². The summed E-state index contributed by atoms with van der Waals surface area (Å²) in [6, 6.07) is 8.54. The lowest BCUT2D eigenvalue weighted by atomic mass is 10.2. The topological polar surface area (TPSA) is 73.9 Å².